The summed E-state index contributed by atoms with van der Waals surface area (Å²) in [4.78, 5) is 23.1. The number of carbonyl (C=O) groups excluding carboxylic acids is 1. The molecule has 0 aromatic rings. The maximum atomic E-state index is 12.0. The fourth-order valence-electron chi connectivity index (χ4n) is 3.19. The van der Waals surface area contributed by atoms with E-state index < -0.39 is 23.2 Å². The minimum Gasteiger partial charge on any atom is -0.481 e. The van der Waals surface area contributed by atoms with Crippen molar-refractivity contribution in [3.8, 4) is 0 Å². The Morgan fingerprint density at radius 2 is 2.15 bits per heavy atom. The molecule has 1 aliphatic carbocycles. The van der Waals surface area contributed by atoms with Gasteiger partial charge in [-0.15, -0.1) is 0 Å². The average molecular weight is 285 g/mol. The van der Waals surface area contributed by atoms with E-state index in [0.29, 0.717) is 6.42 Å². The monoisotopic (exact) mass is 285 g/mol. The lowest BCUT2D eigenvalue weighted by Crippen LogP contribution is -2.69. The summed E-state index contributed by atoms with van der Waals surface area (Å²) in [6.45, 7) is 6.06. The van der Waals surface area contributed by atoms with E-state index >= 15 is 0 Å². The van der Waals surface area contributed by atoms with Gasteiger partial charge in [-0.1, -0.05) is 0 Å². The second-order valence-electron chi connectivity index (χ2n) is 6.72. The number of carbonyl (C=O) groups is 2. The minimum absolute atomic E-state index is 0.0676. The molecule has 1 heterocycles. The third-order valence-electron chi connectivity index (χ3n) is 3.93. The molecule has 1 unspecified atom stereocenters. The van der Waals surface area contributed by atoms with Crippen LogP contribution >= 0.6 is 0 Å². The summed E-state index contributed by atoms with van der Waals surface area (Å²) >= 11 is 0. The van der Waals surface area contributed by atoms with Gasteiger partial charge >= 0.3 is 12.1 Å². The highest BCUT2D eigenvalue weighted by Gasteiger charge is 2.57. The Labute approximate surface area is 118 Å². The van der Waals surface area contributed by atoms with Gasteiger partial charge in [-0.25, -0.2) is 4.79 Å². The number of amides is 1. The van der Waals surface area contributed by atoms with Crippen molar-refractivity contribution in [2.75, 3.05) is 6.61 Å². The summed E-state index contributed by atoms with van der Waals surface area (Å²) in [6, 6.07) is 0. The fourth-order valence-corrected chi connectivity index (χ4v) is 3.19. The molecule has 0 radical (unpaired) electrons. The van der Waals surface area contributed by atoms with Crippen molar-refractivity contribution in [2.24, 2.45) is 5.92 Å². The zero-order valence-electron chi connectivity index (χ0n) is 12.3. The number of rotatable bonds is 3. The first-order valence-corrected chi connectivity index (χ1v) is 7.06. The molecule has 0 bridgehead atoms. The summed E-state index contributed by atoms with van der Waals surface area (Å²) < 4.78 is 10.9. The number of hydrogen-bond donors (Lipinski definition) is 2. The van der Waals surface area contributed by atoms with Crippen molar-refractivity contribution < 1.29 is 24.2 Å². The Balaban J connectivity index is 2.05. The quantitative estimate of drug-likeness (QED) is 0.827. The van der Waals surface area contributed by atoms with E-state index in [1.54, 1.807) is 20.8 Å². The first-order valence-electron chi connectivity index (χ1n) is 7.06. The summed E-state index contributed by atoms with van der Waals surface area (Å²) in [7, 11) is 0. The molecule has 2 N–H and O–H groups in total. The second-order valence-corrected chi connectivity index (χ2v) is 6.72. The van der Waals surface area contributed by atoms with Crippen molar-refractivity contribution in [1.29, 1.82) is 0 Å². The third kappa shape index (κ3) is 3.23. The van der Waals surface area contributed by atoms with Gasteiger partial charge in [0.2, 0.25) is 0 Å². The molecule has 0 aromatic heterocycles. The molecule has 6 nitrogen and oxygen atoms in total. The number of carboxylic acid groups (broad SMARTS) is 1. The van der Waals surface area contributed by atoms with E-state index in [9.17, 15) is 9.59 Å². The van der Waals surface area contributed by atoms with Crippen LogP contribution in [0.3, 0.4) is 0 Å². The molecule has 6 heteroatoms. The lowest BCUT2D eigenvalue weighted by atomic mass is 9.60. The highest BCUT2D eigenvalue weighted by molar-refractivity contribution is 5.73. The van der Waals surface area contributed by atoms with Crippen LogP contribution < -0.4 is 5.32 Å². The zero-order valence-corrected chi connectivity index (χ0v) is 12.3. The molecule has 20 heavy (non-hydrogen) atoms. The lowest BCUT2D eigenvalue weighted by molar-refractivity contribution is -0.161. The summed E-state index contributed by atoms with van der Waals surface area (Å²) in [5, 5.41) is 11.9. The predicted molar refractivity (Wildman–Crippen MR) is 71.4 cm³/mol. The molecule has 1 saturated carbocycles. The van der Waals surface area contributed by atoms with Crippen LogP contribution in [0.2, 0.25) is 0 Å². The Hall–Kier alpha value is -1.30. The van der Waals surface area contributed by atoms with Crippen molar-refractivity contribution in [1.82, 2.24) is 5.32 Å². The number of carboxylic acids is 1. The largest absolute Gasteiger partial charge is 0.481 e. The van der Waals surface area contributed by atoms with Gasteiger partial charge in [-0.05, 0) is 40.0 Å². The van der Waals surface area contributed by atoms with Gasteiger partial charge in [0.05, 0.1) is 18.1 Å². The SMILES string of the molecule is CC(C)(C)OC(=O)NC1(CC(=O)O)C[C@H]2OCCC[C@H]21. The number of alkyl carbamates (subject to hydrolysis) is 1. The normalized spacial score (nSPS) is 32.8. The van der Waals surface area contributed by atoms with Gasteiger partial charge < -0.3 is 19.9 Å². The molecule has 1 saturated heterocycles. The third-order valence-corrected chi connectivity index (χ3v) is 3.93. The van der Waals surface area contributed by atoms with Crippen LogP contribution in [0.5, 0.6) is 0 Å². The molecular formula is C14H23NO5. The van der Waals surface area contributed by atoms with Gasteiger partial charge in [0.25, 0.3) is 0 Å². The second kappa shape index (κ2) is 5.24. The van der Waals surface area contributed by atoms with Crippen molar-refractivity contribution in [2.45, 2.75) is 63.7 Å². The van der Waals surface area contributed by atoms with Crippen molar-refractivity contribution in [3.05, 3.63) is 0 Å². The Kier molecular flexibility index (Phi) is 3.95. The van der Waals surface area contributed by atoms with Crippen LogP contribution in [0.25, 0.3) is 0 Å². The molecular weight excluding hydrogens is 262 g/mol. The van der Waals surface area contributed by atoms with Crippen LogP contribution in [0.4, 0.5) is 4.79 Å². The number of hydrogen-bond acceptors (Lipinski definition) is 4. The van der Waals surface area contributed by atoms with E-state index in [1.807, 2.05) is 0 Å². The maximum absolute atomic E-state index is 12.0. The summed E-state index contributed by atoms with van der Waals surface area (Å²) in [5.41, 5.74) is -1.32. The Bertz CT molecular complexity index is 403. The minimum atomic E-state index is -0.912. The number of ether oxygens (including phenoxy) is 2. The van der Waals surface area contributed by atoms with E-state index in [4.69, 9.17) is 14.6 Å². The van der Waals surface area contributed by atoms with Crippen LogP contribution in [-0.2, 0) is 14.3 Å². The highest BCUT2D eigenvalue weighted by atomic mass is 16.6. The number of fused-ring (bicyclic) bond motifs is 1. The zero-order chi connectivity index (χ0) is 15.0. The standard InChI is InChI=1S/C14H23NO5/c1-13(2,3)20-12(18)15-14(8-11(16)17)7-10-9(14)5-4-6-19-10/h9-10H,4-8H2,1-3H3,(H,15,18)(H,16,17)/t9-,10-,14?/m1/s1. The average Bonchev–Trinajstić information content (AvgIpc) is 2.24. The van der Waals surface area contributed by atoms with E-state index in [-0.39, 0.29) is 18.4 Å². The molecule has 2 rings (SSSR count). The topological polar surface area (TPSA) is 84.9 Å². The molecule has 1 aliphatic heterocycles. The van der Waals surface area contributed by atoms with Crippen molar-refractivity contribution >= 4 is 12.1 Å². The van der Waals surface area contributed by atoms with Gasteiger partial charge in [0, 0.05) is 12.5 Å². The predicted octanol–water partition coefficient (Wildman–Crippen LogP) is 1.92. The first-order chi connectivity index (χ1) is 9.22. The van der Waals surface area contributed by atoms with Crippen LogP contribution in [-0.4, -0.2) is 41.0 Å². The Morgan fingerprint density at radius 1 is 1.45 bits per heavy atom. The first kappa shape index (κ1) is 15.1. The highest BCUT2D eigenvalue weighted by Crippen LogP contribution is 2.48. The smallest absolute Gasteiger partial charge is 0.408 e. The van der Waals surface area contributed by atoms with E-state index in [0.717, 1.165) is 19.4 Å². The molecule has 0 spiro atoms. The molecule has 3 atom stereocenters. The summed E-state index contributed by atoms with van der Waals surface area (Å²) in [5.74, 6) is -0.843. The van der Waals surface area contributed by atoms with Crippen molar-refractivity contribution in [3.63, 3.8) is 0 Å². The summed E-state index contributed by atoms with van der Waals surface area (Å²) in [6.07, 6.45) is 1.76. The Morgan fingerprint density at radius 3 is 2.70 bits per heavy atom. The fraction of sp³-hybridized carbons (Fsp3) is 0.857. The maximum Gasteiger partial charge on any atom is 0.408 e. The van der Waals surface area contributed by atoms with E-state index in [2.05, 4.69) is 5.32 Å². The molecule has 2 fully saturated rings. The number of aliphatic carboxylic acids is 1. The van der Waals surface area contributed by atoms with Crippen LogP contribution in [0, 0.1) is 5.92 Å². The van der Waals surface area contributed by atoms with Gasteiger partial charge in [-0.2, -0.15) is 0 Å². The molecule has 2 aliphatic rings. The number of nitrogens with one attached hydrogen (secondary N) is 1. The van der Waals surface area contributed by atoms with Gasteiger partial charge in [-0.3, -0.25) is 4.79 Å². The molecule has 0 aromatic carbocycles. The molecule has 1 amide bonds. The lowest BCUT2D eigenvalue weighted by Gasteiger charge is -2.56. The molecule has 114 valence electrons. The van der Waals surface area contributed by atoms with Gasteiger partial charge in [0.1, 0.15) is 5.60 Å². The van der Waals surface area contributed by atoms with Gasteiger partial charge in [0.15, 0.2) is 0 Å². The van der Waals surface area contributed by atoms with Crippen LogP contribution in [0.1, 0.15) is 46.5 Å². The van der Waals surface area contributed by atoms with E-state index in [1.165, 1.54) is 0 Å². The van der Waals surface area contributed by atoms with Crippen LogP contribution in [0.15, 0.2) is 0 Å².